The third-order valence-electron chi connectivity index (χ3n) is 6.12. The van der Waals surface area contributed by atoms with Crippen molar-refractivity contribution < 1.29 is 0 Å². The zero-order valence-electron chi connectivity index (χ0n) is 12.2. The van der Waals surface area contributed by atoms with Gasteiger partial charge in [-0.1, -0.05) is 6.92 Å². The van der Waals surface area contributed by atoms with E-state index in [0.717, 1.165) is 29.0 Å². The molecule has 0 heterocycles. The predicted molar refractivity (Wildman–Crippen MR) is 81.0 cm³/mol. The lowest BCUT2D eigenvalue weighted by Crippen LogP contribution is -2.55. The van der Waals surface area contributed by atoms with Crippen LogP contribution in [0.3, 0.4) is 0 Å². The molecule has 104 valence electrons. The summed E-state index contributed by atoms with van der Waals surface area (Å²) < 4.78 is 0. The van der Waals surface area contributed by atoms with Crippen LogP contribution in [0.25, 0.3) is 0 Å². The van der Waals surface area contributed by atoms with Crippen molar-refractivity contribution in [2.75, 3.05) is 12.8 Å². The van der Waals surface area contributed by atoms with Crippen molar-refractivity contribution in [1.29, 1.82) is 0 Å². The topological polar surface area (TPSA) is 12.0 Å². The molecule has 0 aromatic heterocycles. The first-order valence-corrected chi connectivity index (χ1v) is 9.16. The summed E-state index contributed by atoms with van der Waals surface area (Å²) in [5.41, 5.74) is 0.673. The number of hydrogen-bond donors (Lipinski definition) is 1. The Morgan fingerprint density at radius 1 is 1.06 bits per heavy atom. The Morgan fingerprint density at radius 3 is 2.00 bits per heavy atom. The van der Waals surface area contributed by atoms with Crippen LogP contribution in [-0.4, -0.2) is 24.1 Å². The van der Waals surface area contributed by atoms with Crippen LogP contribution in [0.4, 0.5) is 0 Å². The SMILES string of the molecule is CSC(C)CNC(C)C12CC3CC(CC(C3)C1)C2. The van der Waals surface area contributed by atoms with Gasteiger partial charge in [-0.3, -0.25) is 0 Å². The first kappa shape index (κ1) is 13.3. The standard InChI is InChI=1S/C16H29NS/c1-11(18-3)10-17-12(2)16-7-13-4-14(8-16)6-15(5-13)9-16/h11-15,17H,4-10H2,1-3H3. The molecule has 4 aliphatic rings. The molecule has 4 saturated carbocycles. The second-order valence-electron chi connectivity index (χ2n) is 7.46. The van der Waals surface area contributed by atoms with E-state index in [-0.39, 0.29) is 0 Å². The second-order valence-corrected chi connectivity index (χ2v) is 8.73. The minimum absolute atomic E-state index is 0.673. The van der Waals surface area contributed by atoms with Crippen LogP contribution in [-0.2, 0) is 0 Å². The van der Waals surface area contributed by atoms with Gasteiger partial charge in [0.2, 0.25) is 0 Å². The normalized spacial score (nSPS) is 45.2. The van der Waals surface area contributed by atoms with Crippen LogP contribution < -0.4 is 5.32 Å². The largest absolute Gasteiger partial charge is 0.313 e. The smallest absolute Gasteiger partial charge is 0.0141 e. The van der Waals surface area contributed by atoms with E-state index < -0.39 is 0 Å². The average molecular weight is 267 g/mol. The van der Waals surface area contributed by atoms with Gasteiger partial charge in [0.05, 0.1) is 0 Å². The van der Waals surface area contributed by atoms with E-state index in [0.29, 0.717) is 5.41 Å². The van der Waals surface area contributed by atoms with Gasteiger partial charge >= 0.3 is 0 Å². The van der Waals surface area contributed by atoms with Gasteiger partial charge in [-0.05, 0) is 74.9 Å². The first-order chi connectivity index (χ1) is 8.61. The monoisotopic (exact) mass is 267 g/mol. The maximum Gasteiger partial charge on any atom is 0.0141 e. The lowest BCUT2D eigenvalue weighted by Gasteiger charge is -2.59. The molecule has 4 bridgehead atoms. The van der Waals surface area contributed by atoms with Gasteiger partial charge in [0.15, 0.2) is 0 Å². The van der Waals surface area contributed by atoms with Gasteiger partial charge < -0.3 is 5.32 Å². The number of nitrogens with one attached hydrogen (secondary N) is 1. The maximum atomic E-state index is 3.87. The third-order valence-corrected chi connectivity index (χ3v) is 7.09. The van der Waals surface area contributed by atoms with Gasteiger partial charge in [-0.25, -0.2) is 0 Å². The molecule has 0 amide bonds. The Labute approximate surface area is 117 Å². The van der Waals surface area contributed by atoms with Crippen LogP contribution in [0.1, 0.15) is 52.4 Å². The summed E-state index contributed by atoms with van der Waals surface area (Å²) in [6.07, 6.45) is 11.5. The van der Waals surface area contributed by atoms with E-state index in [1.807, 2.05) is 11.8 Å². The molecule has 0 aromatic rings. The van der Waals surface area contributed by atoms with E-state index in [4.69, 9.17) is 0 Å². The highest BCUT2D eigenvalue weighted by molar-refractivity contribution is 7.99. The molecule has 0 saturated heterocycles. The Balaban J connectivity index is 1.63. The van der Waals surface area contributed by atoms with Crippen molar-refractivity contribution >= 4 is 11.8 Å². The summed E-state index contributed by atoms with van der Waals surface area (Å²) in [5, 5.41) is 4.62. The highest BCUT2D eigenvalue weighted by atomic mass is 32.2. The molecule has 0 radical (unpaired) electrons. The summed E-state index contributed by atoms with van der Waals surface area (Å²) in [6, 6.07) is 0.737. The third kappa shape index (κ3) is 2.35. The molecule has 4 fully saturated rings. The number of hydrogen-bond acceptors (Lipinski definition) is 2. The minimum Gasteiger partial charge on any atom is -0.313 e. The predicted octanol–water partition coefficient (Wildman–Crippen LogP) is 3.93. The molecule has 1 N–H and O–H groups in total. The Bertz CT molecular complexity index is 266. The van der Waals surface area contributed by atoms with Crippen molar-refractivity contribution in [3.8, 4) is 0 Å². The quantitative estimate of drug-likeness (QED) is 0.810. The fourth-order valence-corrected chi connectivity index (χ4v) is 5.61. The van der Waals surface area contributed by atoms with Gasteiger partial charge in [0, 0.05) is 17.8 Å². The highest BCUT2D eigenvalue weighted by Gasteiger charge is 2.52. The van der Waals surface area contributed by atoms with E-state index in [2.05, 4.69) is 25.4 Å². The summed E-state index contributed by atoms with van der Waals surface area (Å²) >= 11 is 1.98. The molecule has 2 atom stereocenters. The molecule has 18 heavy (non-hydrogen) atoms. The van der Waals surface area contributed by atoms with Crippen molar-refractivity contribution in [2.24, 2.45) is 23.2 Å². The zero-order valence-corrected chi connectivity index (χ0v) is 13.1. The van der Waals surface area contributed by atoms with E-state index in [1.165, 1.54) is 25.8 Å². The van der Waals surface area contributed by atoms with Crippen molar-refractivity contribution in [3.63, 3.8) is 0 Å². The summed E-state index contributed by atoms with van der Waals surface area (Å²) in [6.45, 7) is 5.99. The summed E-state index contributed by atoms with van der Waals surface area (Å²) in [5.74, 6) is 3.25. The van der Waals surface area contributed by atoms with Crippen LogP contribution in [0.2, 0.25) is 0 Å². The second kappa shape index (κ2) is 5.01. The number of rotatable bonds is 5. The lowest BCUT2D eigenvalue weighted by molar-refractivity contribution is -0.0702. The van der Waals surface area contributed by atoms with E-state index in [9.17, 15) is 0 Å². The molecule has 4 rings (SSSR count). The Kier molecular flexibility index (Phi) is 3.70. The molecule has 4 aliphatic carbocycles. The summed E-state index contributed by atoms with van der Waals surface area (Å²) in [7, 11) is 0. The highest BCUT2D eigenvalue weighted by Crippen LogP contribution is 2.61. The molecular formula is C16H29NS. The molecule has 0 aliphatic heterocycles. The van der Waals surface area contributed by atoms with Gasteiger partial charge in [-0.2, -0.15) is 11.8 Å². The average Bonchev–Trinajstić information content (AvgIpc) is 2.33. The zero-order chi connectivity index (χ0) is 12.8. The number of thioether (sulfide) groups is 1. The van der Waals surface area contributed by atoms with Crippen LogP contribution in [0.5, 0.6) is 0 Å². The van der Waals surface area contributed by atoms with Crippen LogP contribution >= 0.6 is 11.8 Å². The van der Waals surface area contributed by atoms with Crippen molar-refractivity contribution in [1.82, 2.24) is 5.32 Å². The fourth-order valence-electron chi connectivity index (χ4n) is 5.35. The Morgan fingerprint density at radius 2 is 1.56 bits per heavy atom. The fraction of sp³-hybridized carbons (Fsp3) is 1.00. The van der Waals surface area contributed by atoms with E-state index in [1.54, 1.807) is 19.3 Å². The molecular weight excluding hydrogens is 238 g/mol. The molecule has 2 heteroatoms. The molecule has 1 nitrogen and oxygen atoms in total. The van der Waals surface area contributed by atoms with Crippen LogP contribution in [0.15, 0.2) is 0 Å². The van der Waals surface area contributed by atoms with Crippen molar-refractivity contribution in [3.05, 3.63) is 0 Å². The molecule has 2 unspecified atom stereocenters. The van der Waals surface area contributed by atoms with Gasteiger partial charge in [0.1, 0.15) is 0 Å². The van der Waals surface area contributed by atoms with Gasteiger partial charge in [0.25, 0.3) is 0 Å². The Hall–Kier alpha value is 0.310. The molecule has 0 aromatic carbocycles. The first-order valence-electron chi connectivity index (χ1n) is 7.87. The van der Waals surface area contributed by atoms with Gasteiger partial charge in [-0.15, -0.1) is 0 Å². The minimum atomic E-state index is 0.673. The molecule has 0 spiro atoms. The lowest BCUT2D eigenvalue weighted by atomic mass is 9.48. The van der Waals surface area contributed by atoms with Crippen molar-refractivity contribution in [2.45, 2.75) is 63.7 Å². The van der Waals surface area contributed by atoms with E-state index >= 15 is 0 Å². The van der Waals surface area contributed by atoms with Crippen LogP contribution in [0, 0.1) is 23.2 Å². The summed E-state index contributed by atoms with van der Waals surface area (Å²) in [4.78, 5) is 0. The maximum absolute atomic E-state index is 3.87.